The highest BCUT2D eigenvalue weighted by atomic mass is 35.5. The molecule has 0 saturated carbocycles. The molecule has 17 heavy (non-hydrogen) atoms. The molecule has 3 nitrogen and oxygen atoms in total. The zero-order valence-corrected chi connectivity index (χ0v) is 11.4. The molecule has 1 aromatic carbocycles. The fraction of sp³-hybridized carbons (Fsp3) is 0.462. The normalized spacial score (nSPS) is 11.8. The van der Waals surface area contributed by atoms with Crippen LogP contribution in [0.2, 0.25) is 0 Å². The summed E-state index contributed by atoms with van der Waals surface area (Å²) in [7, 11) is 1.77. The van der Waals surface area contributed by atoms with Crippen molar-refractivity contribution in [1.29, 1.82) is 0 Å². The summed E-state index contributed by atoms with van der Waals surface area (Å²) in [6.07, 6.45) is 0. The van der Waals surface area contributed by atoms with E-state index < -0.39 is 0 Å². The number of nitrogens with one attached hydrogen (secondary N) is 2. The Labute approximate surface area is 109 Å². The quantitative estimate of drug-likeness (QED) is 0.848. The highest BCUT2D eigenvalue weighted by molar-refractivity contribution is 5.85. The number of carbonyl (C=O) groups excluding carboxylic acids is 1. The number of carbonyl (C=O) groups is 1. The summed E-state index contributed by atoms with van der Waals surface area (Å²) >= 11 is 0. The molecule has 1 amide bonds. The van der Waals surface area contributed by atoms with E-state index in [1.807, 2.05) is 30.3 Å². The fourth-order valence-corrected chi connectivity index (χ4v) is 1.68. The lowest BCUT2D eigenvalue weighted by Crippen LogP contribution is -2.37. The Morgan fingerprint density at radius 2 is 1.82 bits per heavy atom. The second-order valence-electron chi connectivity index (χ2n) is 4.23. The van der Waals surface area contributed by atoms with Crippen LogP contribution in [0.4, 0.5) is 0 Å². The molecule has 96 valence electrons. The monoisotopic (exact) mass is 256 g/mol. The van der Waals surface area contributed by atoms with Gasteiger partial charge in [-0.05, 0) is 18.5 Å². The van der Waals surface area contributed by atoms with Crippen molar-refractivity contribution in [1.82, 2.24) is 10.6 Å². The summed E-state index contributed by atoms with van der Waals surface area (Å²) in [5, 5.41) is 5.88. The fourth-order valence-electron chi connectivity index (χ4n) is 1.68. The molecule has 0 radical (unpaired) electrons. The standard InChI is InChI=1S/C13H20N2O.ClH/c1-10(2)13(15-12(16)9-14-3)11-7-5-4-6-8-11;/h4-8,10,13-14H,9H2,1-3H3,(H,15,16);1H. The molecule has 0 aliphatic carbocycles. The number of hydrogen-bond acceptors (Lipinski definition) is 2. The maximum Gasteiger partial charge on any atom is 0.234 e. The predicted molar refractivity (Wildman–Crippen MR) is 73.3 cm³/mol. The molecule has 0 saturated heterocycles. The Hall–Kier alpha value is -1.06. The molecule has 1 unspecified atom stereocenters. The van der Waals surface area contributed by atoms with E-state index >= 15 is 0 Å². The maximum absolute atomic E-state index is 11.6. The number of likely N-dealkylation sites (N-methyl/N-ethyl adjacent to an activating group) is 1. The van der Waals surface area contributed by atoms with Gasteiger partial charge in [-0.15, -0.1) is 12.4 Å². The Balaban J connectivity index is 0.00000256. The first kappa shape index (κ1) is 15.9. The van der Waals surface area contributed by atoms with Gasteiger partial charge in [-0.25, -0.2) is 0 Å². The molecular formula is C13H21ClN2O. The van der Waals surface area contributed by atoms with Crippen molar-refractivity contribution >= 4 is 18.3 Å². The van der Waals surface area contributed by atoms with Crippen LogP contribution in [0.3, 0.4) is 0 Å². The van der Waals surface area contributed by atoms with Crippen molar-refractivity contribution in [3.63, 3.8) is 0 Å². The molecule has 0 fully saturated rings. The topological polar surface area (TPSA) is 41.1 Å². The maximum atomic E-state index is 11.6. The van der Waals surface area contributed by atoms with Crippen molar-refractivity contribution in [2.75, 3.05) is 13.6 Å². The number of amides is 1. The minimum absolute atomic E-state index is 0. The third-order valence-corrected chi connectivity index (χ3v) is 2.48. The summed E-state index contributed by atoms with van der Waals surface area (Å²) in [5.74, 6) is 0.410. The predicted octanol–water partition coefficient (Wildman–Crippen LogP) is 2.14. The van der Waals surface area contributed by atoms with Gasteiger partial charge in [-0.1, -0.05) is 44.2 Å². The summed E-state index contributed by atoms with van der Waals surface area (Å²) in [4.78, 5) is 11.6. The molecule has 0 aliphatic heterocycles. The van der Waals surface area contributed by atoms with E-state index in [-0.39, 0.29) is 24.4 Å². The Kier molecular flexibility index (Phi) is 7.59. The zero-order valence-electron chi connectivity index (χ0n) is 10.6. The van der Waals surface area contributed by atoms with Crippen LogP contribution in [-0.2, 0) is 4.79 Å². The highest BCUT2D eigenvalue weighted by Gasteiger charge is 2.17. The lowest BCUT2D eigenvalue weighted by Gasteiger charge is -2.22. The average Bonchev–Trinajstić information content (AvgIpc) is 2.27. The molecule has 4 heteroatoms. The van der Waals surface area contributed by atoms with Crippen LogP contribution in [0.1, 0.15) is 25.5 Å². The van der Waals surface area contributed by atoms with Crippen molar-refractivity contribution < 1.29 is 4.79 Å². The van der Waals surface area contributed by atoms with Gasteiger partial charge >= 0.3 is 0 Å². The third kappa shape index (κ3) is 5.20. The van der Waals surface area contributed by atoms with Gasteiger partial charge in [0.25, 0.3) is 0 Å². The average molecular weight is 257 g/mol. The molecule has 0 aliphatic rings. The first-order chi connectivity index (χ1) is 7.65. The van der Waals surface area contributed by atoms with E-state index in [1.54, 1.807) is 7.05 Å². The smallest absolute Gasteiger partial charge is 0.234 e. The Morgan fingerprint density at radius 1 is 1.24 bits per heavy atom. The van der Waals surface area contributed by atoms with Crippen molar-refractivity contribution in [3.8, 4) is 0 Å². The lowest BCUT2D eigenvalue weighted by molar-refractivity contribution is -0.121. The molecule has 0 heterocycles. The number of benzene rings is 1. The van der Waals surface area contributed by atoms with Crippen LogP contribution < -0.4 is 10.6 Å². The van der Waals surface area contributed by atoms with E-state index in [9.17, 15) is 4.79 Å². The van der Waals surface area contributed by atoms with Crippen LogP contribution in [0.25, 0.3) is 0 Å². The minimum atomic E-state index is 0. The van der Waals surface area contributed by atoms with Gasteiger partial charge in [0.15, 0.2) is 0 Å². The summed E-state index contributed by atoms with van der Waals surface area (Å²) in [5.41, 5.74) is 1.15. The van der Waals surface area contributed by atoms with E-state index in [4.69, 9.17) is 0 Å². The van der Waals surface area contributed by atoms with Gasteiger partial charge in [-0.2, -0.15) is 0 Å². The second-order valence-corrected chi connectivity index (χ2v) is 4.23. The van der Waals surface area contributed by atoms with Crippen LogP contribution >= 0.6 is 12.4 Å². The van der Waals surface area contributed by atoms with Crippen LogP contribution in [0, 0.1) is 5.92 Å². The molecule has 0 bridgehead atoms. The highest BCUT2D eigenvalue weighted by Crippen LogP contribution is 2.20. The first-order valence-corrected chi connectivity index (χ1v) is 5.64. The van der Waals surface area contributed by atoms with E-state index in [2.05, 4.69) is 24.5 Å². The van der Waals surface area contributed by atoms with Crippen LogP contribution in [-0.4, -0.2) is 19.5 Å². The van der Waals surface area contributed by atoms with Crippen LogP contribution in [0.5, 0.6) is 0 Å². The first-order valence-electron chi connectivity index (χ1n) is 5.64. The molecule has 2 N–H and O–H groups in total. The second kappa shape index (κ2) is 8.09. The van der Waals surface area contributed by atoms with Gasteiger partial charge in [-0.3, -0.25) is 4.79 Å². The number of halogens is 1. The zero-order chi connectivity index (χ0) is 12.0. The largest absolute Gasteiger partial charge is 0.348 e. The third-order valence-electron chi connectivity index (χ3n) is 2.48. The number of rotatable bonds is 5. The van der Waals surface area contributed by atoms with E-state index in [0.717, 1.165) is 5.56 Å². The number of hydrogen-bond donors (Lipinski definition) is 2. The van der Waals surface area contributed by atoms with Crippen molar-refractivity contribution in [2.24, 2.45) is 5.92 Å². The molecule has 0 spiro atoms. The van der Waals surface area contributed by atoms with Gasteiger partial charge in [0.2, 0.25) is 5.91 Å². The van der Waals surface area contributed by atoms with E-state index in [0.29, 0.717) is 12.5 Å². The van der Waals surface area contributed by atoms with E-state index in [1.165, 1.54) is 0 Å². The van der Waals surface area contributed by atoms with Gasteiger partial charge in [0.1, 0.15) is 0 Å². The Morgan fingerprint density at radius 3 is 2.29 bits per heavy atom. The van der Waals surface area contributed by atoms with Crippen LogP contribution in [0.15, 0.2) is 30.3 Å². The molecular weight excluding hydrogens is 236 g/mol. The molecule has 1 rings (SSSR count). The molecule has 1 atom stereocenters. The van der Waals surface area contributed by atoms with Crippen molar-refractivity contribution in [2.45, 2.75) is 19.9 Å². The van der Waals surface area contributed by atoms with Crippen molar-refractivity contribution in [3.05, 3.63) is 35.9 Å². The molecule has 0 aromatic heterocycles. The van der Waals surface area contributed by atoms with Gasteiger partial charge in [0.05, 0.1) is 12.6 Å². The van der Waals surface area contributed by atoms with Gasteiger partial charge < -0.3 is 10.6 Å². The Bertz CT molecular complexity index is 327. The summed E-state index contributed by atoms with van der Waals surface area (Å²) in [6, 6.07) is 10.1. The lowest BCUT2D eigenvalue weighted by atomic mass is 9.96. The minimum Gasteiger partial charge on any atom is -0.348 e. The van der Waals surface area contributed by atoms with Gasteiger partial charge in [0, 0.05) is 0 Å². The summed E-state index contributed by atoms with van der Waals surface area (Å²) < 4.78 is 0. The SMILES string of the molecule is CNCC(=O)NC(c1ccccc1)C(C)C.Cl. The summed E-state index contributed by atoms with van der Waals surface area (Å²) in [6.45, 7) is 4.57. The molecule has 1 aromatic rings.